The van der Waals surface area contributed by atoms with Crippen molar-refractivity contribution in [3.8, 4) is 0 Å². The van der Waals surface area contributed by atoms with Gasteiger partial charge in [-0.3, -0.25) is 0 Å². The summed E-state index contributed by atoms with van der Waals surface area (Å²) in [5.74, 6) is -0.0931. The number of hydrogen-bond acceptors (Lipinski definition) is 1. The van der Waals surface area contributed by atoms with Crippen LogP contribution >= 0.6 is 0 Å². The second kappa shape index (κ2) is 8.87. The Morgan fingerprint density at radius 1 is 1.28 bits per heavy atom. The average Bonchev–Trinajstić information content (AvgIpc) is 2.39. The number of rotatable bonds is 9. The predicted octanol–water partition coefficient (Wildman–Crippen LogP) is 4.09. The zero-order valence-corrected chi connectivity index (χ0v) is 11.3. The van der Waals surface area contributed by atoms with Crippen LogP contribution in [0.1, 0.15) is 37.7 Å². The zero-order valence-electron chi connectivity index (χ0n) is 11.3. The quantitative estimate of drug-likeness (QED) is 0.513. The van der Waals surface area contributed by atoms with Crippen LogP contribution in [0.4, 0.5) is 4.39 Å². The lowest BCUT2D eigenvalue weighted by molar-refractivity contribution is 0.477. The summed E-state index contributed by atoms with van der Waals surface area (Å²) in [6.45, 7) is 3.72. The minimum atomic E-state index is -0.0931. The van der Waals surface area contributed by atoms with Gasteiger partial charge in [-0.05, 0) is 44.4 Å². The van der Waals surface area contributed by atoms with Gasteiger partial charge in [-0.25, -0.2) is 4.39 Å². The predicted molar refractivity (Wildman–Crippen MR) is 76.2 cm³/mol. The molecule has 0 aliphatic heterocycles. The Morgan fingerprint density at radius 3 is 2.72 bits per heavy atom. The number of halogens is 1. The molecule has 1 nitrogen and oxygen atoms in total. The van der Waals surface area contributed by atoms with Crippen LogP contribution in [0.5, 0.6) is 0 Å². The van der Waals surface area contributed by atoms with Crippen molar-refractivity contribution in [1.29, 1.82) is 0 Å². The van der Waals surface area contributed by atoms with Gasteiger partial charge in [-0.15, -0.1) is 6.58 Å². The fourth-order valence-electron chi connectivity index (χ4n) is 2.13. The van der Waals surface area contributed by atoms with E-state index in [4.69, 9.17) is 0 Å². The Bertz CT molecular complexity index is 349. The number of unbranched alkanes of at least 4 members (excludes halogenated alkanes) is 3. The maximum Gasteiger partial charge on any atom is 0.126 e. The minimum Gasteiger partial charge on any atom is -0.317 e. The lowest BCUT2D eigenvalue weighted by Crippen LogP contribution is -2.27. The third-order valence-electron chi connectivity index (χ3n) is 3.29. The third kappa shape index (κ3) is 5.46. The van der Waals surface area contributed by atoms with Crippen molar-refractivity contribution in [2.75, 3.05) is 7.05 Å². The van der Waals surface area contributed by atoms with Crippen molar-refractivity contribution in [2.45, 2.75) is 44.6 Å². The SMILES string of the molecule is C=CCCCCCC(Cc1ccccc1F)NC. The van der Waals surface area contributed by atoms with Crippen LogP contribution in [0.25, 0.3) is 0 Å². The highest BCUT2D eigenvalue weighted by Gasteiger charge is 2.09. The Hall–Kier alpha value is -1.15. The summed E-state index contributed by atoms with van der Waals surface area (Å²) in [5, 5.41) is 3.28. The standard InChI is InChI=1S/C16H24FN/c1-3-4-5-6-7-11-15(18-2)13-14-10-8-9-12-16(14)17/h3,8-10,12,15,18H,1,4-7,11,13H2,2H3. The maximum atomic E-state index is 13.5. The van der Waals surface area contributed by atoms with E-state index in [1.54, 1.807) is 6.07 Å². The molecule has 2 heteroatoms. The number of benzene rings is 1. The molecule has 0 aliphatic rings. The van der Waals surface area contributed by atoms with Crippen LogP contribution < -0.4 is 5.32 Å². The normalized spacial score (nSPS) is 12.3. The van der Waals surface area contributed by atoms with E-state index < -0.39 is 0 Å². The molecule has 0 saturated carbocycles. The Balaban J connectivity index is 2.33. The first-order valence-corrected chi connectivity index (χ1v) is 6.79. The highest BCUT2D eigenvalue weighted by atomic mass is 19.1. The van der Waals surface area contributed by atoms with Crippen LogP contribution in [0.15, 0.2) is 36.9 Å². The van der Waals surface area contributed by atoms with E-state index in [-0.39, 0.29) is 5.82 Å². The lowest BCUT2D eigenvalue weighted by Gasteiger charge is -2.16. The summed E-state index contributed by atoms with van der Waals surface area (Å²) in [6, 6.07) is 7.41. The van der Waals surface area contributed by atoms with Gasteiger partial charge in [-0.1, -0.05) is 37.1 Å². The van der Waals surface area contributed by atoms with Crippen LogP contribution in [-0.2, 0) is 6.42 Å². The van der Waals surface area contributed by atoms with Crippen molar-refractivity contribution < 1.29 is 4.39 Å². The van der Waals surface area contributed by atoms with Crippen LogP contribution in [0.2, 0.25) is 0 Å². The third-order valence-corrected chi connectivity index (χ3v) is 3.29. The van der Waals surface area contributed by atoms with E-state index in [0.717, 1.165) is 24.8 Å². The number of likely N-dealkylation sites (N-methyl/N-ethyl adjacent to an activating group) is 1. The average molecular weight is 249 g/mol. The molecule has 1 unspecified atom stereocenters. The van der Waals surface area contributed by atoms with Crippen LogP contribution in [0.3, 0.4) is 0 Å². The van der Waals surface area contributed by atoms with Crippen molar-refractivity contribution in [1.82, 2.24) is 5.32 Å². The van der Waals surface area contributed by atoms with Gasteiger partial charge in [0.2, 0.25) is 0 Å². The summed E-state index contributed by atoms with van der Waals surface area (Å²) >= 11 is 0. The van der Waals surface area contributed by atoms with Crippen molar-refractivity contribution >= 4 is 0 Å². The highest BCUT2D eigenvalue weighted by Crippen LogP contribution is 2.13. The van der Waals surface area contributed by atoms with E-state index in [0.29, 0.717) is 6.04 Å². The molecule has 0 spiro atoms. The zero-order chi connectivity index (χ0) is 13.2. The molecular formula is C16H24FN. The summed E-state index contributed by atoms with van der Waals surface area (Å²) in [5.41, 5.74) is 0.808. The van der Waals surface area contributed by atoms with Gasteiger partial charge in [0, 0.05) is 6.04 Å². The first kappa shape index (κ1) is 14.9. The molecule has 100 valence electrons. The molecular weight excluding hydrogens is 225 g/mol. The Morgan fingerprint density at radius 2 is 2.06 bits per heavy atom. The smallest absolute Gasteiger partial charge is 0.126 e. The van der Waals surface area contributed by atoms with Crippen LogP contribution in [0, 0.1) is 5.82 Å². The molecule has 0 fully saturated rings. The fraction of sp³-hybridized carbons (Fsp3) is 0.500. The van der Waals surface area contributed by atoms with Gasteiger partial charge in [0.05, 0.1) is 0 Å². The van der Waals surface area contributed by atoms with Gasteiger partial charge in [0.15, 0.2) is 0 Å². The first-order valence-electron chi connectivity index (χ1n) is 6.79. The van der Waals surface area contributed by atoms with Gasteiger partial charge in [-0.2, -0.15) is 0 Å². The molecule has 0 bridgehead atoms. The van der Waals surface area contributed by atoms with E-state index in [2.05, 4.69) is 11.9 Å². The maximum absolute atomic E-state index is 13.5. The number of nitrogens with one attached hydrogen (secondary N) is 1. The topological polar surface area (TPSA) is 12.0 Å². The van der Waals surface area contributed by atoms with Gasteiger partial charge < -0.3 is 5.32 Å². The Labute approximate surface area is 110 Å². The lowest BCUT2D eigenvalue weighted by atomic mass is 10.00. The molecule has 0 aliphatic carbocycles. The monoisotopic (exact) mass is 249 g/mol. The number of allylic oxidation sites excluding steroid dienone is 1. The Kier molecular flexibility index (Phi) is 7.35. The highest BCUT2D eigenvalue weighted by molar-refractivity contribution is 5.18. The van der Waals surface area contributed by atoms with Crippen molar-refractivity contribution in [2.24, 2.45) is 0 Å². The fourth-order valence-corrected chi connectivity index (χ4v) is 2.13. The summed E-state index contributed by atoms with van der Waals surface area (Å²) < 4.78 is 13.5. The molecule has 0 radical (unpaired) electrons. The van der Waals surface area contributed by atoms with E-state index in [1.165, 1.54) is 25.3 Å². The summed E-state index contributed by atoms with van der Waals surface area (Å²) in [6.07, 6.45) is 8.55. The molecule has 1 rings (SSSR count). The summed E-state index contributed by atoms with van der Waals surface area (Å²) in [4.78, 5) is 0. The second-order valence-corrected chi connectivity index (χ2v) is 4.71. The van der Waals surface area contributed by atoms with Crippen LogP contribution in [-0.4, -0.2) is 13.1 Å². The second-order valence-electron chi connectivity index (χ2n) is 4.71. The molecule has 0 saturated heterocycles. The molecule has 18 heavy (non-hydrogen) atoms. The number of hydrogen-bond donors (Lipinski definition) is 1. The summed E-state index contributed by atoms with van der Waals surface area (Å²) in [7, 11) is 1.95. The van der Waals surface area contributed by atoms with E-state index in [9.17, 15) is 4.39 Å². The largest absolute Gasteiger partial charge is 0.317 e. The van der Waals surface area contributed by atoms with Gasteiger partial charge in [0.1, 0.15) is 5.82 Å². The molecule has 1 aromatic carbocycles. The van der Waals surface area contributed by atoms with Gasteiger partial charge in [0.25, 0.3) is 0 Å². The first-order chi connectivity index (χ1) is 8.77. The van der Waals surface area contributed by atoms with Crippen molar-refractivity contribution in [3.05, 3.63) is 48.3 Å². The van der Waals surface area contributed by atoms with Gasteiger partial charge >= 0.3 is 0 Å². The molecule has 0 heterocycles. The van der Waals surface area contributed by atoms with Crippen molar-refractivity contribution in [3.63, 3.8) is 0 Å². The molecule has 0 aromatic heterocycles. The minimum absolute atomic E-state index is 0.0931. The molecule has 1 atom stereocenters. The van der Waals surface area contributed by atoms with E-state index >= 15 is 0 Å². The van der Waals surface area contributed by atoms with E-state index in [1.807, 2.05) is 25.3 Å². The molecule has 1 N–H and O–H groups in total. The molecule has 1 aromatic rings. The molecule has 0 amide bonds.